The van der Waals surface area contributed by atoms with Gasteiger partial charge in [0.15, 0.2) is 10.8 Å². The second-order valence-electron chi connectivity index (χ2n) is 6.00. The molecule has 0 unspecified atom stereocenters. The number of thioether (sulfide) groups is 1. The fourth-order valence-electron chi connectivity index (χ4n) is 3.06. The van der Waals surface area contributed by atoms with Crippen molar-refractivity contribution in [1.29, 1.82) is 0 Å². The second-order valence-corrected chi connectivity index (χ2v) is 6.99. The molecule has 24 heavy (non-hydrogen) atoms. The van der Waals surface area contributed by atoms with Gasteiger partial charge in [0.25, 0.3) is 0 Å². The van der Waals surface area contributed by atoms with Gasteiger partial charge in [0, 0.05) is 24.2 Å². The van der Waals surface area contributed by atoms with Crippen LogP contribution >= 0.6 is 11.8 Å². The number of hydrogen-bond donors (Lipinski definition) is 0. The molecule has 0 amide bonds. The molecule has 0 bridgehead atoms. The van der Waals surface area contributed by atoms with Crippen molar-refractivity contribution in [1.82, 2.24) is 24.5 Å². The number of hydrogen-bond acceptors (Lipinski definition) is 6. The van der Waals surface area contributed by atoms with Crippen LogP contribution in [0.1, 0.15) is 12.7 Å². The minimum Gasteiger partial charge on any atom is -0.375 e. The van der Waals surface area contributed by atoms with Crippen LogP contribution < -0.4 is 0 Å². The summed E-state index contributed by atoms with van der Waals surface area (Å²) in [4.78, 5) is 11.8. The van der Waals surface area contributed by atoms with E-state index in [9.17, 15) is 0 Å². The number of fused-ring (bicyclic) bond motifs is 3. The molecule has 1 atom stereocenters. The Labute approximate surface area is 145 Å². The average molecular weight is 343 g/mol. The van der Waals surface area contributed by atoms with E-state index in [0.717, 1.165) is 59.5 Å². The number of aryl methyl sites for hydroxylation is 1. The Morgan fingerprint density at radius 3 is 3.04 bits per heavy atom. The lowest BCUT2D eigenvalue weighted by Crippen LogP contribution is -2.43. The van der Waals surface area contributed by atoms with Crippen LogP contribution in [0.2, 0.25) is 0 Å². The predicted molar refractivity (Wildman–Crippen MR) is 95.6 cm³/mol. The van der Waals surface area contributed by atoms with E-state index < -0.39 is 0 Å². The second kappa shape index (κ2) is 6.66. The fourth-order valence-corrected chi connectivity index (χ4v) is 4.01. The Bertz CT molecular complexity index is 865. The van der Waals surface area contributed by atoms with Crippen molar-refractivity contribution in [2.45, 2.75) is 25.1 Å². The van der Waals surface area contributed by atoms with Gasteiger partial charge in [-0.2, -0.15) is 4.52 Å². The maximum Gasteiger partial charge on any atom is 0.191 e. The standard InChI is InChI=1S/C17H21N5OS/c1-3-21-8-9-23-13(10-21)11-24-17-19-15-7-5-4-6-14(15)16-18-12(2)20-22(16)17/h4-7,13H,3,8-11H2,1-2H3/t13-/m0/s1. The first-order valence-electron chi connectivity index (χ1n) is 8.33. The number of likely N-dealkylation sites (N-methyl/N-ethyl adjacent to an activating group) is 1. The summed E-state index contributed by atoms with van der Waals surface area (Å²) in [5, 5.41) is 6.44. The lowest BCUT2D eigenvalue weighted by Gasteiger charge is -2.31. The molecule has 0 N–H and O–H groups in total. The molecule has 0 spiro atoms. The van der Waals surface area contributed by atoms with E-state index in [-0.39, 0.29) is 6.10 Å². The normalized spacial score (nSPS) is 19.3. The van der Waals surface area contributed by atoms with Gasteiger partial charge >= 0.3 is 0 Å². The molecule has 4 rings (SSSR count). The molecular weight excluding hydrogens is 322 g/mol. The first kappa shape index (κ1) is 15.8. The summed E-state index contributed by atoms with van der Waals surface area (Å²) in [6.45, 7) is 8.00. The number of para-hydroxylation sites is 1. The summed E-state index contributed by atoms with van der Waals surface area (Å²) in [6.07, 6.45) is 0.233. The first-order valence-corrected chi connectivity index (χ1v) is 9.32. The number of aromatic nitrogens is 4. The van der Waals surface area contributed by atoms with Gasteiger partial charge < -0.3 is 4.74 Å². The Balaban J connectivity index is 1.63. The number of ether oxygens (including phenoxy) is 1. The Hall–Kier alpha value is -1.70. The Morgan fingerprint density at radius 1 is 1.29 bits per heavy atom. The summed E-state index contributed by atoms with van der Waals surface area (Å²) in [5.74, 6) is 1.64. The fraction of sp³-hybridized carbons (Fsp3) is 0.471. The van der Waals surface area contributed by atoms with Crippen molar-refractivity contribution >= 4 is 28.3 Å². The maximum absolute atomic E-state index is 5.90. The van der Waals surface area contributed by atoms with Gasteiger partial charge in [-0.15, -0.1) is 5.10 Å². The van der Waals surface area contributed by atoms with Crippen molar-refractivity contribution in [3.63, 3.8) is 0 Å². The molecule has 3 heterocycles. The highest BCUT2D eigenvalue weighted by Gasteiger charge is 2.21. The highest BCUT2D eigenvalue weighted by atomic mass is 32.2. The number of morpholine rings is 1. The van der Waals surface area contributed by atoms with Crippen LogP contribution in [0.5, 0.6) is 0 Å². The third-order valence-corrected chi connectivity index (χ3v) is 5.38. The molecule has 126 valence electrons. The molecule has 1 aromatic carbocycles. The number of benzene rings is 1. The van der Waals surface area contributed by atoms with E-state index in [0.29, 0.717) is 0 Å². The molecule has 7 heteroatoms. The smallest absolute Gasteiger partial charge is 0.191 e. The summed E-state index contributed by atoms with van der Waals surface area (Å²) >= 11 is 1.69. The van der Waals surface area contributed by atoms with Crippen molar-refractivity contribution in [2.75, 3.05) is 32.0 Å². The van der Waals surface area contributed by atoms with Crippen LogP contribution in [0.15, 0.2) is 29.4 Å². The van der Waals surface area contributed by atoms with Gasteiger partial charge in [0.05, 0.1) is 18.2 Å². The van der Waals surface area contributed by atoms with Gasteiger partial charge in [0.1, 0.15) is 5.82 Å². The van der Waals surface area contributed by atoms with Crippen molar-refractivity contribution in [3.05, 3.63) is 30.1 Å². The molecule has 0 radical (unpaired) electrons. The van der Waals surface area contributed by atoms with E-state index in [1.807, 2.05) is 35.7 Å². The van der Waals surface area contributed by atoms with Crippen LogP contribution in [0.25, 0.3) is 16.6 Å². The van der Waals surface area contributed by atoms with Gasteiger partial charge in [-0.1, -0.05) is 30.8 Å². The zero-order valence-electron chi connectivity index (χ0n) is 14.0. The Kier molecular flexibility index (Phi) is 4.39. The van der Waals surface area contributed by atoms with Crippen molar-refractivity contribution in [3.8, 4) is 0 Å². The maximum atomic E-state index is 5.90. The summed E-state index contributed by atoms with van der Waals surface area (Å²) in [6, 6.07) is 8.09. The zero-order chi connectivity index (χ0) is 16.5. The van der Waals surface area contributed by atoms with Crippen LogP contribution in [-0.4, -0.2) is 62.6 Å². The zero-order valence-corrected chi connectivity index (χ0v) is 14.8. The predicted octanol–water partition coefficient (Wildman–Crippen LogP) is 2.40. The van der Waals surface area contributed by atoms with Crippen LogP contribution in [0.4, 0.5) is 0 Å². The summed E-state index contributed by atoms with van der Waals surface area (Å²) < 4.78 is 7.76. The highest BCUT2D eigenvalue weighted by molar-refractivity contribution is 7.99. The third kappa shape index (κ3) is 2.99. The van der Waals surface area contributed by atoms with E-state index in [4.69, 9.17) is 9.72 Å². The summed E-state index contributed by atoms with van der Waals surface area (Å²) in [7, 11) is 0. The SMILES string of the molecule is CCN1CCO[C@H](CSc2nc3ccccc3c3nc(C)nn23)C1. The largest absolute Gasteiger partial charge is 0.375 e. The summed E-state index contributed by atoms with van der Waals surface area (Å²) in [5.41, 5.74) is 1.83. The monoisotopic (exact) mass is 343 g/mol. The van der Waals surface area contributed by atoms with Crippen LogP contribution in [0.3, 0.4) is 0 Å². The molecule has 2 aromatic heterocycles. The molecule has 0 aliphatic carbocycles. The first-order chi connectivity index (χ1) is 11.7. The average Bonchev–Trinajstić information content (AvgIpc) is 3.02. The molecule has 3 aromatic rings. The van der Waals surface area contributed by atoms with Gasteiger partial charge in [-0.05, 0) is 25.6 Å². The van der Waals surface area contributed by atoms with E-state index in [2.05, 4.69) is 21.9 Å². The molecule has 1 aliphatic heterocycles. The lowest BCUT2D eigenvalue weighted by molar-refractivity contribution is -0.0137. The molecule has 0 saturated carbocycles. The van der Waals surface area contributed by atoms with Gasteiger partial charge in [-0.3, -0.25) is 4.90 Å². The molecule has 6 nitrogen and oxygen atoms in total. The minimum absolute atomic E-state index is 0.233. The van der Waals surface area contributed by atoms with Crippen molar-refractivity contribution in [2.24, 2.45) is 0 Å². The minimum atomic E-state index is 0.233. The van der Waals surface area contributed by atoms with E-state index >= 15 is 0 Å². The molecular formula is C17H21N5OS. The molecule has 1 fully saturated rings. The third-order valence-electron chi connectivity index (χ3n) is 4.32. The highest BCUT2D eigenvalue weighted by Crippen LogP contribution is 2.25. The number of nitrogens with zero attached hydrogens (tertiary/aromatic N) is 5. The van der Waals surface area contributed by atoms with Crippen LogP contribution in [0, 0.1) is 6.92 Å². The van der Waals surface area contributed by atoms with Crippen molar-refractivity contribution < 1.29 is 4.74 Å². The molecule has 1 aliphatic rings. The van der Waals surface area contributed by atoms with Gasteiger partial charge in [0.2, 0.25) is 0 Å². The number of rotatable bonds is 4. The van der Waals surface area contributed by atoms with Gasteiger partial charge in [-0.25, -0.2) is 9.97 Å². The quantitative estimate of drug-likeness (QED) is 0.536. The topological polar surface area (TPSA) is 55.5 Å². The van der Waals surface area contributed by atoms with E-state index in [1.54, 1.807) is 11.8 Å². The van der Waals surface area contributed by atoms with Crippen LogP contribution in [-0.2, 0) is 4.74 Å². The Morgan fingerprint density at radius 2 is 2.17 bits per heavy atom. The lowest BCUT2D eigenvalue weighted by atomic mass is 10.2. The molecule has 1 saturated heterocycles. The van der Waals surface area contributed by atoms with E-state index in [1.165, 1.54) is 0 Å².